The minimum Gasteiger partial charge on any atom is -0.493 e. The molecule has 9 heteroatoms. The van der Waals surface area contributed by atoms with Crippen molar-refractivity contribution in [1.29, 1.82) is 0 Å². The largest absolute Gasteiger partial charge is 0.493 e. The van der Waals surface area contributed by atoms with E-state index >= 15 is 0 Å². The van der Waals surface area contributed by atoms with Gasteiger partial charge in [0.1, 0.15) is 30.4 Å². The fourth-order valence-corrected chi connectivity index (χ4v) is 4.77. The van der Waals surface area contributed by atoms with Crippen molar-refractivity contribution in [2.24, 2.45) is 0 Å². The van der Waals surface area contributed by atoms with Crippen molar-refractivity contribution in [1.82, 2.24) is 19.4 Å². The molecule has 0 spiro atoms. The SMILES string of the molecule is CCc1nccn1CCOc1cc(CN2CCN(C(C)=O)C[C@@](O)(COc3ccccc3)C2)ccc1OC. The van der Waals surface area contributed by atoms with Gasteiger partial charge in [-0.25, -0.2) is 4.98 Å². The van der Waals surface area contributed by atoms with E-state index in [1.54, 1.807) is 18.2 Å². The van der Waals surface area contributed by atoms with Crippen molar-refractivity contribution in [2.75, 3.05) is 46.5 Å². The van der Waals surface area contributed by atoms with E-state index in [9.17, 15) is 9.90 Å². The molecule has 1 N–H and O–H groups in total. The highest BCUT2D eigenvalue weighted by molar-refractivity contribution is 5.73. The number of β-amino-alcohol motifs (C(OH)–C–C–N with tert-alkyl or cyclic N) is 1. The number of ether oxygens (including phenoxy) is 3. The molecule has 1 aliphatic rings. The number of aliphatic hydroxyl groups is 1. The topological polar surface area (TPSA) is 89.3 Å². The molecule has 1 amide bonds. The van der Waals surface area contributed by atoms with Gasteiger partial charge < -0.3 is 28.8 Å². The Bertz CT molecular complexity index is 1180. The molecule has 0 aliphatic carbocycles. The van der Waals surface area contributed by atoms with E-state index in [4.69, 9.17) is 14.2 Å². The highest BCUT2D eigenvalue weighted by atomic mass is 16.5. The molecule has 204 valence electrons. The van der Waals surface area contributed by atoms with E-state index in [2.05, 4.69) is 21.4 Å². The van der Waals surface area contributed by atoms with E-state index in [1.165, 1.54) is 6.92 Å². The number of hydrogen-bond donors (Lipinski definition) is 1. The van der Waals surface area contributed by atoms with Crippen LogP contribution >= 0.6 is 0 Å². The molecule has 0 unspecified atom stereocenters. The second-order valence-electron chi connectivity index (χ2n) is 9.70. The Kier molecular flexibility index (Phi) is 9.25. The number of hydrogen-bond acceptors (Lipinski definition) is 7. The monoisotopic (exact) mass is 522 g/mol. The summed E-state index contributed by atoms with van der Waals surface area (Å²) in [5, 5.41) is 11.6. The summed E-state index contributed by atoms with van der Waals surface area (Å²) in [5.41, 5.74) is -0.189. The zero-order chi connectivity index (χ0) is 27.0. The number of aryl methyl sites for hydroxylation is 1. The summed E-state index contributed by atoms with van der Waals surface area (Å²) < 4.78 is 19.7. The third-order valence-electron chi connectivity index (χ3n) is 6.73. The Morgan fingerprint density at radius 3 is 2.63 bits per heavy atom. The van der Waals surface area contributed by atoms with Gasteiger partial charge in [0, 0.05) is 51.9 Å². The predicted octanol–water partition coefficient (Wildman–Crippen LogP) is 3.01. The number of benzene rings is 2. The van der Waals surface area contributed by atoms with Crippen LogP contribution in [0.2, 0.25) is 0 Å². The van der Waals surface area contributed by atoms with Gasteiger partial charge in [0.05, 0.1) is 20.2 Å². The van der Waals surface area contributed by atoms with E-state index in [0.717, 1.165) is 17.8 Å². The Hall–Kier alpha value is -3.56. The van der Waals surface area contributed by atoms with Crippen LogP contribution in [0.5, 0.6) is 17.2 Å². The highest BCUT2D eigenvalue weighted by Gasteiger charge is 2.37. The second kappa shape index (κ2) is 12.8. The fraction of sp³-hybridized carbons (Fsp3) is 0.448. The van der Waals surface area contributed by atoms with Crippen LogP contribution in [0, 0.1) is 0 Å². The molecular formula is C29H38N4O5. The van der Waals surface area contributed by atoms with E-state index < -0.39 is 5.60 Å². The second-order valence-corrected chi connectivity index (χ2v) is 9.70. The fourth-order valence-electron chi connectivity index (χ4n) is 4.77. The molecule has 38 heavy (non-hydrogen) atoms. The average Bonchev–Trinajstić information content (AvgIpc) is 3.30. The number of methoxy groups -OCH3 is 1. The standard InChI is InChI=1S/C29H38N4O5/c1-4-28-30-12-13-32(28)16-17-37-27-18-24(10-11-26(27)36-3)19-31-14-15-33(23(2)34)21-29(35,20-31)22-38-25-8-6-5-7-9-25/h5-13,18,35H,4,14-17,19-22H2,1-3H3/t29-/m1/s1. The van der Waals surface area contributed by atoms with E-state index in [1.807, 2.05) is 54.7 Å². The lowest BCUT2D eigenvalue weighted by Gasteiger charge is -2.32. The lowest BCUT2D eigenvalue weighted by atomic mass is 10.0. The summed E-state index contributed by atoms with van der Waals surface area (Å²) in [6, 6.07) is 15.3. The van der Waals surface area contributed by atoms with Gasteiger partial charge in [0.2, 0.25) is 5.91 Å². The normalized spacial score (nSPS) is 18.2. The summed E-state index contributed by atoms with van der Waals surface area (Å²) in [6.07, 6.45) is 4.63. The summed E-state index contributed by atoms with van der Waals surface area (Å²) in [7, 11) is 1.63. The molecule has 4 rings (SSSR count). The summed E-state index contributed by atoms with van der Waals surface area (Å²) in [4.78, 5) is 20.4. The third kappa shape index (κ3) is 7.26. The van der Waals surface area contributed by atoms with Crippen LogP contribution in [0.25, 0.3) is 0 Å². The first-order valence-electron chi connectivity index (χ1n) is 13.1. The minimum absolute atomic E-state index is 0.0609. The van der Waals surface area contributed by atoms with Crippen LogP contribution in [0.3, 0.4) is 0 Å². The first-order valence-corrected chi connectivity index (χ1v) is 13.1. The van der Waals surface area contributed by atoms with Gasteiger partial charge in [0.25, 0.3) is 0 Å². The maximum absolute atomic E-state index is 12.2. The smallest absolute Gasteiger partial charge is 0.219 e. The number of nitrogens with zero attached hydrogens (tertiary/aromatic N) is 4. The summed E-state index contributed by atoms with van der Waals surface area (Å²) >= 11 is 0. The molecule has 1 aromatic heterocycles. The van der Waals surface area contributed by atoms with Crippen molar-refractivity contribution in [3.8, 4) is 17.2 Å². The van der Waals surface area contributed by atoms with Crippen molar-refractivity contribution in [2.45, 2.75) is 39.0 Å². The molecule has 1 fully saturated rings. The molecule has 1 atom stereocenters. The Labute approximate surface area is 224 Å². The molecule has 0 bridgehead atoms. The maximum Gasteiger partial charge on any atom is 0.219 e. The highest BCUT2D eigenvalue weighted by Crippen LogP contribution is 2.29. The van der Waals surface area contributed by atoms with Crippen molar-refractivity contribution in [3.63, 3.8) is 0 Å². The minimum atomic E-state index is -1.22. The van der Waals surface area contributed by atoms with Crippen LogP contribution in [0.1, 0.15) is 25.2 Å². The van der Waals surface area contributed by atoms with E-state index in [0.29, 0.717) is 56.6 Å². The number of imidazole rings is 1. The van der Waals surface area contributed by atoms with Crippen LogP contribution in [0.4, 0.5) is 0 Å². The lowest BCUT2D eigenvalue weighted by Crippen LogP contribution is -2.51. The molecule has 9 nitrogen and oxygen atoms in total. The number of carbonyl (C=O) groups excluding carboxylic acids is 1. The summed E-state index contributed by atoms with van der Waals surface area (Å²) in [6.45, 7) is 7.22. The van der Waals surface area contributed by atoms with Gasteiger partial charge in [-0.05, 0) is 29.8 Å². The van der Waals surface area contributed by atoms with Gasteiger partial charge in [-0.3, -0.25) is 9.69 Å². The van der Waals surface area contributed by atoms with Crippen LogP contribution in [0.15, 0.2) is 60.9 Å². The van der Waals surface area contributed by atoms with Gasteiger partial charge in [-0.2, -0.15) is 0 Å². The quantitative estimate of drug-likeness (QED) is 0.414. The summed E-state index contributed by atoms with van der Waals surface area (Å²) in [5.74, 6) is 2.99. The van der Waals surface area contributed by atoms with Gasteiger partial charge in [-0.1, -0.05) is 31.2 Å². The Balaban J connectivity index is 1.44. The molecule has 0 radical (unpaired) electrons. The Morgan fingerprint density at radius 1 is 1.08 bits per heavy atom. The average molecular weight is 523 g/mol. The molecule has 2 aromatic carbocycles. The van der Waals surface area contributed by atoms with Gasteiger partial charge in [0.15, 0.2) is 11.5 Å². The first kappa shape index (κ1) is 27.5. The number of carbonyl (C=O) groups is 1. The zero-order valence-corrected chi connectivity index (χ0v) is 22.5. The molecular weight excluding hydrogens is 484 g/mol. The van der Waals surface area contributed by atoms with Crippen molar-refractivity contribution in [3.05, 3.63) is 72.3 Å². The van der Waals surface area contributed by atoms with Gasteiger partial charge >= 0.3 is 0 Å². The van der Waals surface area contributed by atoms with E-state index in [-0.39, 0.29) is 19.1 Å². The molecule has 1 saturated heterocycles. The number of para-hydroxylation sites is 1. The number of amides is 1. The first-order chi connectivity index (χ1) is 18.4. The van der Waals surface area contributed by atoms with Crippen LogP contribution < -0.4 is 14.2 Å². The molecule has 3 aromatic rings. The zero-order valence-electron chi connectivity index (χ0n) is 22.5. The number of rotatable bonds is 11. The molecule has 2 heterocycles. The third-order valence-corrected chi connectivity index (χ3v) is 6.73. The van der Waals surface area contributed by atoms with Gasteiger partial charge in [-0.15, -0.1) is 0 Å². The Morgan fingerprint density at radius 2 is 1.89 bits per heavy atom. The molecule has 1 aliphatic heterocycles. The van der Waals surface area contributed by atoms with Crippen molar-refractivity contribution < 1.29 is 24.1 Å². The van der Waals surface area contributed by atoms with Crippen LogP contribution in [-0.2, 0) is 24.3 Å². The van der Waals surface area contributed by atoms with Crippen LogP contribution in [-0.4, -0.2) is 82.5 Å². The molecule has 0 saturated carbocycles. The maximum atomic E-state index is 12.2. The predicted molar refractivity (Wildman–Crippen MR) is 145 cm³/mol. The lowest BCUT2D eigenvalue weighted by molar-refractivity contribution is -0.132. The number of aromatic nitrogens is 2. The van der Waals surface area contributed by atoms with Crippen molar-refractivity contribution >= 4 is 5.91 Å².